The van der Waals surface area contributed by atoms with E-state index in [9.17, 15) is 0 Å². The van der Waals surface area contributed by atoms with Crippen LogP contribution in [0.4, 0.5) is 5.69 Å². The second kappa shape index (κ2) is 3.77. The SMILES string of the molecule is CC(C)N1CCc2c([nH]c3ccc(N)cc23)C1. The van der Waals surface area contributed by atoms with Gasteiger partial charge in [-0.15, -0.1) is 0 Å². The summed E-state index contributed by atoms with van der Waals surface area (Å²) in [6.07, 6.45) is 1.12. The fraction of sp³-hybridized carbons (Fsp3) is 0.429. The second-order valence-electron chi connectivity index (χ2n) is 5.20. The first-order chi connectivity index (χ1) is 8.15. The summed E-state index contributed by atoms with van der Waals surface area (Å²) in [6.45, 7) is 6.69. The molecule has 2 heterocycles. The molecule has 0 saturated carbocycles. The van der Waals surface area contributed by atoms with Gasteiger partial charge in [0.15, 0.2) is 0 Å². The first-order valence-electron chi connectivity index (χ1n) is 6.28. The maximum Gasteiger partial charge on any atom is 0.0460 e. The van der Waals surface area contributed by atoms with Crippen LogP contribution in [0.2, 0.25) is 0 Å². The van der Waals surface area contributed by atoms with Crippen molar-refractivity contribution in [3.63, 3.8) is 0 Å². The average molecular weight is 229 g/mol. The van der Waals surface area contributed by atoms with Gasteiger partial charge in [-0.2, -0.15) is 0 Å². The van der Waals surface area contributed by atoms with Gasteiger partial charge in [-0.1, -0.05) is 0 Å². The number of H-pyrrole nitrogens is 1. The minimum Gasteiger partial charge on any atom is -0.399 e. The van der Waals surface area contributed by atoms with Crippen LogP contribution in [0.1, 0.15) is 25.1 Å². The lowest BCUT2D eigenvalue weighted by atomic mass is 10.0. The summed E-state index contributed by atoms with van der Waals surface area (Å²) in [7, 11) is 0. The molecule has 3 nitrogen and oxygen atoms in total. The summed E-state index contributed by atoms with van der Waals surface area (Å²) >= 11 is 0. The number of nitrogens with one attached hydrogen (secondary N) is 1. The molecule has 3 rings (SSSR count). The maximum absolute atomic E-state index is 5.87. The maximum atomic E-state index is 5.87. The zero-order chi connectivity index (χ0) is 12.0. The number of aromatic amines is 1. The molecule has 1 aliphatic heterocycles. The Hall–Kier alpha value is -1.48. The highest BCUT2D eigenvalue weighted by Gasteiger charge is 2.21. The summed E-state index contributed by atoms with van der Waals surface area (Å²) in [6, 6.07) is 6.75. The van der Waals surface area contributed by atoms with Crippen LogP contribution < -0.4 is 5.73 Å². The average Bonchev–Trinajstić information content (AvgIpc) is 2.66. The minimum atomic E-state index is 0.611. The van der Waals surface area contributed by atoms with Crippen molar-refractivity contribution in [2.45, 2.75) is 32.9 Å². The van der Waals surface area contributed by atoms with Crippen LogP contribution >= 0.6 is 0 Å². The summed E-state index contributed by atoms with van der Waals surface area (Å²) in [5.74, 6) is 0. The van der Waals surface area contributed by atoms with Gasteiger partial charge >= 0.3 is 0 Å². The predicted molar refractivity (Wildman–Crippen MR) is 72.0 cm³/mol. The number of anilines is 1. The Balaban J connectivity index is 2.07. The molecule has 3 heteroatoms. The van der Waals surface area contributed by atoms with Gasteiger partial charge in [-0.25, -0.2) is 0 Å². The van der Waals surface area contributed by atoms with Crippen molar-refractivity contribution in [2.24, 2.45) is 0 Å². The highest BCUT2D eigenvalue weighted by Crippen LogP contribution is 2.29. The highest BCUT2D eigenvalue weighted by atomic mass is 15.2. The Morgan fingerprint density at radius 2 is 2.18 bits per heavy atom. The monoisotopic (exact) mass is 229 g/mol. The number of rotatable bonds is 1. The summed E-state index contributed by atoms with van der Waals surface area (Å²) in [5, 5.41) is 1.31. The second-order valence-corrected chi connectivity index (χ2v) is 5.20. The van der Waals surface area contributed by atoms with Crippen LogP contribution in [-0.4, -0.2) is 22.5 Å². The van der Waals surface area contributed by atoms with E-state index in [2.05, 4.69) is 35.9 Å². The molecule has 2 aromatic rings. The first kappa shape index (κ1) is 10.7. The van der Waals surface area contributed by atoms with Crippen LogP contribution in [0.15, 0.2) is 18.2 Å². The quantitative estimate of drug-likeness (QED) is 0.738. The molecule has 1 aromatic heterocycles. The number of fused-ring (bicyclic) bond motifs is 3. The third-order valence-electron chi connectivity index (χ3n) is 3.76. The minimum absolute atomic E-state index is 0.611. The van der Waals surface area contributed by atoms with Crippen LogP contribution in [0, 0.1) is 0 Å². The van der Waals surface area contributed by atoms with Gasteiger partial charge in [-0.3, -0.25) is 4.90 Å². The molecular weight excluding hydrogens is 210 g/mol. The van der Waals surface area contributed by atoms with E-state index in [1.165, 1.54) is 22.2 Å². The fourth-order valence-electron chi connectivity index (χ4n) is 2.72. The molecule has 17 heavy (non-hydrogen) atoms. The Labute approximate surface area is 102 Å². The van der Waals surface area contributed by atoms with Gasteiger partial charge in [0.25, 0.3) is 0 Å². The number of nitrogen functional groups attached to an aromatic ring is 1. The number of benzene rings is 1. The molecule has 0 radical (unpaired) electrons. The Bertz CT molecular complexity index is 554. The molecule has 0 fully saturated rings. The lowest BCUT2D eigenvalue weighted by molar-refractivity contribution is 0.201. The van der Waals surface area contributed by atoms with Crippen molar-refractivity contribution in [3.05, 3.63) is 29.5 Å². The Morgan fingerprint density at radius 3 is 2.94 bits per heavy atom. The molecule has 0 amide bonds. The molecule has 1 aromatic carbocycles. The van der Waals surface area contributed by atoms with Gasteiger partial charge in [-0.05, 0) is 44.0 Å². The van der Waals surface area contributed by atoms with E-state index in [1.807, 2.05) is 6.07 Å². The van der Waals surface area contributed by atoms with E-state index in [0.717, 1.165) is 25.2 Å². The van der Waals surface area contributed by atoms with Crippen LogP contribution in [0.25, 0.3) is 10.9 Å². The van der Waals surface area contributed by atoms with Crippen molar-refractivity contribution >= 4 is 16.6 Å². The smallest absolute Gasteiger partial charge is 0.0460 e. The van der Waals surface area contributed by atoms with E-state index in [1.54, 1.807) is 0 Å². The highest BCUT2D eigenvalue weighted by molar-refractivity contribution is 5.87. The number of hydrogen-bond acceptors (Lipinski definition) is 2. The zero-order valence-corrected chi connectivity index (χ0v) is 10.5. The van der Waals surface area contributed by atoms with Crippen molar-refractivity contribution in [2.75, 3.05) is 12.3 Å². The third kappa shape index (κ3) is 1.71. The van der Waals surface area contributed by atoms with E-state index in [0.29, 0.717) is 6.04 Å². The van der Waals surface area contributed by atoms with Crippen LogP contribution in [-0.2, 0) is 13.0 Å². The first-order valence-corrected chi connectivity index (χ1v) is 6.28. The largest absolute Gasteiger partial charge is 0.399 e. The van der Waals surface area contributed by atoms with Gasteiger partial charge in [0.1, 0.15) is 0 Å². The van der Waals surface area contributed by atoms with Crippen molar-refractivity contribution in [1.29, 1.82) is 0 Å². The summed E-state index contributed by atoms with van der Waals surface area (Å²) in [5.41, 5.74) is 10.8. The molecule has 90 valence electrons. The molecular formula is C14H19N3. The van der Waals surface area contributed by atoms with Gasteiger partial charge in [0, 0.05) is 41.4 Å². The molecule has 1 aliphatic rings. The molecule has 3 N–H and O–H groups in total. The normalized spacial score (nSPS) is 16.6. The predicted octanol–water partition coefficient (Wildman–Crippen LogP) is 2.52. The topological polar surface area (TPSA) is 45.0 Å². The summed E-state index contributed by atoms with van der Waals surface area (Å²) in [4.78, 5) is 6.03. The molecule has 0 unspecified atom stereocenters. The Kier molecular flexibility index (Phi) is 2.37. The van der Waals surface area contributed by atoms with Gasteiger partial charge < -0.3 is 10.7 Å². The molecule has 0 atom stereocenters. The van der Waals surface area contributed by atoms with E-state index in [-0.39, 0.29) is 0 Å². The van der Waals surface area contributed by atoms with Crippen molar-refractivity contribution < 1.29 is 0 Å². The third-order valence-corrected chi connectivity index (χ3v) is 3.76. The van der Waals surface area contributed by atoms with E-state index >= 15 is 0 Å². The zero-order valence-electron chi connectivity index (χ0n) is 10.5. The number of nitrogens with two attached hydrogens (primary N) is 1. The number of nitrogens with zero attached hydrogens (tertiary/aromatic N) is 1. The number of aromatic nitrogens is 1. The number of hydrogen-bond donors (Lipinski definition) is 2. The van der Waals surface area contributed by atoms with Crippen molar-refractivity contribution in [1.82, 2.24) is 9.88 Å². The van der Waals surface area contributed by atoms with Gasteiger partial charge in [0.2, 0.25) is 0 Å². The van der Waals surface area contributed by atoms with Crippen molar-refractivity contribution in [3.8, 4) is 0 Å². The van der Waals surface area contributed by atoms with Crippen LogP contribution in [0.3, 0.4) is 0 Å². The van der Waals surface area contributed by atoms with E-state index in [4.69, 9.17) is 5.73 Å². The molecule has 0 aliphatic carbocycles. The standard InChI is InChI=1S/C14H19N3/c1-9(2)17-6-5-11-12-7-10(15)3-4-13(12)16-14(11)8-17/h3-4,7,9,16H,5-6,8,15H2,1-2H3. The fourth-order valence-corrected chi connectivity index (χ4v) is 2.72. The molecule has 0 saturated heterocycles. The van der Waals surface area contributed by atoms with E-state index < -0.39 is 0 Å². The molecule has 0 bridgehead atoms. The Morgan fingerprint density at radius 1 is 1.35 bits per heavy atom. The summed E-state index contributed by atoms with van der Waals surface area (Å²) < 4.78 is 0. The van der Waals surface area contributed by atoms with Gasteiger partial charge in [0.05, 0.1) is 0 Å². The lowest BCUT2D eigenvalue weighted by Gasteiger charge is -2.30. The molecule has 0 spiro atoms. The lowest BCUT2D eigenvalue weighted by Crippen LogP contribution is -2.35. The van der Waals surface area contributed by atoms with Crippen LogP contribution in [0.5, 0.6) is 0 Å².